The van der Waals surface area contributed by atoms with Crippen molar-refractivity contribution in [2.24, 2.45) is 5.73 Å². The molecule has 0 aliphatic heterocycles. The minimum Gasteiger partial charge on any atom is -0.339 e. The van der Waals surface area contributed by atoms with Crippen LogP contribution in [-0.4, -0.2) is 74.6 Å². The molecule has 220 valence electrons. The zero-order valence-electron chi connectivity index (χ0n) is 24.6. The summed E-state index contributed by atoms with van der Waals surface area (Å²) in [5, 5.41) is 2.13. The molecule has 0 radical (unpaired) electrons. The predicted octanol–water partition coefficient (Wildman–Crippen LogP) is 3.51. The number of amides is 2. The zero-order valence-corrected chi connectivity index (χ0v) is 25.4. The second-order valence-corrected chi connectivity index (χ2v) is 13.2. The Hall–Kier alpha value is -3.53. The van der Waals surface area contributed by atoms with E-state index < -0.39 is 27.6 Å². The number of carbonyl (C=O) groups excluding carboxylic acids is 2. The number of nitrogens with one attached hydrogen (secondary N) is 1. The summed E-state index contributed by atoms with van der Waals surface area (Å²) < 4.78 is 26.4. The van der Waals surface area contributed by atoms with E-state index >= 15 is 0 Å². The highest BCUT2D eigenvalue weighted by atomic mass is 32.2. The monoisotopic (exact) mass is 578 g/mol. The first-order valence-electron chi connectivity index (χ1n) is 13.7. The van der Waals surface area contributed by atoms with E-state index in [1.165, 1.54) is 11.0 Å². The van der Waals surface area contributed by atoms with Crippen LogP contribution in [0.5, 0.6) is 0 Å². The van der Waals surface area contributed by atoms with E-state index in [2.05, 4.69) is 4.72 Å². The molecule has 8 nitrogen and oxygen atoms in total. The van der Waals surface area contributed by atoms with E-state index in [1.54, 1.807) is 25.1 Å². The minimum atomic E-state index is -3.48. The van der Waals surface area contributed by atoms with Crippen LogP contribution in [0.4, 0.5) is 0 Å². The van der Waals surface area contributed by atoms with Gasteiger partial charge in [-0.15, -0.1) is 0 Å². The van der Waals surface area contributed by atoms with Gasteiger partial charge in [-0.2, -0.15) is 0 Å². The summed E-state index contributed by atoms with van der Waals surface area (Å²) in [5.41, 5.74) is 7.48. The Labute approximate surface area is 244 Å². The maximum atomic E-state index is 14.2. The van der Waals surface area contributed by atoms with Crippen molar-refractivity contribution in [2.45, 2.75) is 50.7 Å². The van der Waals surface area contributed by atoms with Crippen LogP contribution in [0, 0.1) is 0 Å². The summed E-state index contributed by atoms with van der Waals surface area (Å²) in [6, 6.07) is 22.3. The second kappa shape index (κ2) is 13.9. The largest absolute Gasteiger partial charge is 0.339 e. The van der Waals surface area contributed by atoms with Crippen LogP contribution in [0.3, 0.4) is 0 Å². The Morgan fingerprint density at radius 3 is 2.17 bits per heavy atom. The maximum absolute atomic E-state index is 14.2. The highest BCUT2D eigenvalue weighted by Gasteiger charge is 2.32. The molecule has 0 aliphatic rings. The Morgan fingerprint density at radius 2 is 1.54 bits per heavy atom. The molecule has 0 saturated heterocycles. The van der Waals surface area contributed by atoms with Crippen molar-refractivity contribution in [3.05, 3.63) is 96.1 Å². The van der Waals surface area contributed by atoms with E-state index in [1.807, 2.05) is 86.6 Å². The van der Waals surface area contributed by atoms with Gasteiger partial charge in [-0.25, -0.2) is 13.1 Å². The van der Waals surface area contributed by atoms with Crippen molar-refractivity contribution in [2.75, 3.05) is 26.9 Å². The van der Waals surface area contributed by atoms with E-state index in [0.717, 1.165) is 28.2 Å². The van der Waals surface area contributed by atoms with Crippen LogP contribution in [0.2, 0.25) is 0 Å². The predicted molar refractivity (Wildman–Crippen MR) is 166 cm³/mol. The molecule has 2 amide bonds. The first-order valence-corrected chi connectivity index (χ1v) is 15.6. The number of rotatable bonds is 13. The van der Waals surface area contributed by atoms with Crippen LogP contribution < -0.4 is 10.5 Å². The molecule has 9 heteroatoms. The average Bonchev–Trinajstić information content (AvgIpc) is 2.92. The standard InChI is InChI=1S/C32H42N4O4S/c1-32(2,33)19-11-16-30(37)36(4)29(22-25-17-18-26-14-9-10-15-27(26)20-25)31(38)35(3)28(23-34-41(5,39)40)21-24-12-7-6-8-13-24/h6-18,20,28-29,34H,19,21-23,33H2,1-5H3/t28-,29-/m1/s1. The average molecular weight is 579 g/mol. The van der Waals surface area contributed by atoms with Gasteiger partial charge in [0.05, 0.1) is 6.26 Å². The SMILES string of the molecule is CN(C(=O)[C@@H](Cc1ccc2ccccc2c1)N(C)C(=O)C=CCC(C)(C)N)[C@@H](CNS(C)(=O)=O)Cc1ccccc1. The summed E-state index contributed by atoms with van der Waals surface area (Å²) in [6.45, 7) is 3.80. The third-order valence-electron chi connectivity index (χ3n) is 7.04. The second-order valence-electron chi connectivity index (χ2n) is 11.4. The highest BCUT2D eigenvalue weighted by molar-refractivity contribution is 7.88. The summed E-state index contributed by atoms with van der Waals surface area (Å²) in [5.74, 6) is -0.589. The van der Waals surface area contributed by atoms with Crippen LogP contribution in [0.1, 0.15) is 31.4 Å². The van der Waals surface area contributed by atoms with Gasteiger partial charge in [-0.3, -0.25) is 9.59 Å². The fraction of sp³-hybridized carbons (Fsp3) is 0.375. The van der Waals surface area contributed by atoms with Gasteiger partial charge in [0.15, 0.2) is 0 Å². The molecule has 3 N–H and O–H groups in total. The number of fused-ring (bicyclic) bond motifs is 1. The van der Waals surface area contributed by atoms with Gasteiger partial charge < -0.3 is 15.5 Å². The smallest absolute Gasteiger partial charge is 0.246 e. The van der Waals surface area contributed by atoms with Crippen LogP contribution >= 0.6 is 0 Å². The summed E-state index contributed by atoms with van der Waals surface area (Å²) >= 11 is 0. The normalized spacial score (nSPS) is 13.7. The number of likely N-dealkylation sites (N-methyl/N-ethyl adjacent to an activating group) is 2. The topological polar surface area (TPSA) is 113 Å². The lowest BCUT2D eigenvalue weighted by Crippen LogP contribution is -2.54. The molecule has 0 saturated carbocycles. The fourth-order valence-electron chi connectivity index (χ4n) is 4.61. The molecular weight excluding hydrogens is 536 g/mol. The first-order chi connectivity index (χ1) is 19.2. The fourth-order valence-corrected chi connectivity index (χ4v) is 5.10. The molecule has 2 atom stereocenters. The number of sulfonamides is 1. The van der Waals surface area contributed by atoms with E-state index in [-0.39, 0.29) is 18.4 Å². The quantitative estimate of drug-likeness (QED) is 0.302. The van der Waals surface area contributed by atoms with Crippen LogP contribution in [-0.2, 0) is 32.5 Å². The van der Waals surface area contributed by atoms with Crippen molar-refractivity contribution in [3.8, 4) is 0 Å². The molecule has 0 fully saturated rings. The van der Waals surface area contributed by atoms with Gasteiger partial charge in [0.1, 0.15) is 6.04 Å². The number of carbonyl (C=O) groups is 2. The van der Waals surface area contributed by atoms with Crippen LogP contribution in [0.25, 0.3) is 10.8 Å². The molecular formula is C32H42N4O4S. The summed E-state index contributed by atoms with van der Waals surface area (Å²) in [6.07, 6.45) is 5.53. The number of hydrogen-bond donors (Lipinski definition) is 2. The van der Waals surface area contributed by atoms with Crippen molar-refractivity contribution in [1.29, 1.82) is 0 Å². The molecule has 0 heterocycles. The number of hydrogen-bond acceptors (Lipinski definition) is 5. The lowest BCUT2D eigenvalue weighted by Gasteiger charge is -2.35. The van der Waals surface area contributed by atoms with Crippen molar-refractivity contribution < 1.29 is 18.0 Å². The molecule has 0 bridgehead atoms. The van der Waals surface area contributed by atoms with Gasteiger partial charge in [0.25, 0.3) is 0 Å². The molecule has 0 aliphatic carbocycles. The summed E-state index contributed by atoms with van der Waals surface area (Å²) in [7, 11) is -0.196. The Morgan fingerprint density at radius 1 is 0.902 bits per heavy atom. The molecule has 3 aromatic rings. The van der Waals surface area contributed by atoms with Gasteiger partial charge in [0.2, 0.25) is 21.8 Å². The van der Waals surface area contributed by atoms with E-state index in [0.29, 0.717) is 19.3 Å². The Balaban J connectivity index is 1.93. The van der Waals surface area contributed by atoms with Gasteiger partial charge >= 0.3 is 0 Å². The van der Waals surface area contributed by atoms with Gasteiger partial charge in [-0.05, 0) is 54.7 Å². The summed E-state index contributed by atoms with van der Waals surface area (Å²) in [4.78, 5) is 30.4. The van der Waals surface area contributed by atoms with Crippen molar-refractivity contribution in [1.82, 2.24) is 14.5 Å². The lowest BCUT2D eigenvalue weighted by molar-refractivity contribution is -0.142. The number of nitrogens with zero attached hydrogens (tertiary/aromatic N) is 2. The minimum absolute atomic E-state index is 0.0435. The van der Waals surface area contributed by atoms with Gasteiger partial charge in [0, 0.05) is 38.6 Å². The molecule has 0 spiro atoms. The highest BCUT2D eigenvalue weighted by Crippen LogP contribution is 2.20. The molecule has 0 unspecified atom stereocenters. The Kier molecular flexibility index (Phi) is 10.8. The van der Waals surface area contributed by atoms with Crippen molar-refractivity contribution >= 4 is 32.6 Å². The van der Waals surface area contributed by atoms with Gasteiger partial charge in [-0.1, -0.05) is 78.9 Å². The number of nitrogens with two attached hydrogens (primary N) is 1. The van der Waals surface area contributed by atoms with E-state index in [9.17, 15) is 18.0 Å². The maximum Gasteiger partial charge on any atom is 0.246 e. The molecule has 3 rings (SSSR count). The Bertz CT molecular complexity index is 1470. The van der Waals surface area contributed by atoms with E-state index in [4.69, 9.17) is 5.73 Å². The third-order valence-corrected chi connectivity index (χ3v) is 7.73. The lowest BCUT2D eigenvalue weighted by atomic mass is 9.98. The molecule has 41 heavy (non-hydrogen) atoms. The van der Waals surface area contributed by atoms with Crippen molar-refractivity contribution in [3.63, 3.8) is 0 Å². The number of benzene rings is 3. The third kappa shape index (κ3) is 10.1. The molecule has 3 aromatic carbocycles. The first kappa shape index (κ1) is 32.0. The van der Waals surface area contributed by atoms with Crippen LogP contribution in [0.15, 0.2) is 84.9 Å². The molecule has 0 aromatic heterocycles. The zero-order chi connectivity index (χ0) is 30.2.